The molecule has 1 heterocycles. The Hall–Kier alpha value is -1.95. The Labute approximate surface area is 121 Å². The highest BCUT2D eigenvalue weighted by Gasteiger charge is 2.10. The number of thioether (sulfide) groups is 1. The second kappa shape index (κ2) is 6.47. The minimum atomic E-state index is -0.135. The molecular formula is C14H17N3O2S. The van der Waals surface area contributed by atoms with Crippen LogP contribution >= 0.6 is 11.8 Å². The summed E-state index contributed by atoms with van der Waals surface area (Å²) in [6.07, 6.45) is 0. The van der Waals surface area contributed by atoms with Crippen molar-refractivity contribution in [3.05, 3.63) is 36.0 Å². The van der Waals surface area contributed by atoms with E-state index in [1.54, 1.807) is 6.07 Å². The quantitative estimate of drug-likeness (QED) is 0.653. The van der Waals surface area contributed by atoms with Crippen molar-refractivity contribution in [3.8, 4) is 0 Å². The average molecular weight is 291 g/mol. The number of hydrogen-bond acceptors (Lipinski definition) is 5. The molecule has 0 atom stereocenters. The van der Waals surface area contributed by atoms with Gasteiger partial charge in [-0.3, -0.25) is 10.1 Å². The molecule has 6 heteroatoms. The molecule has 2 aromatic rings. The van der Waals surface area contributed by atoms with Gasteiger partial charge in [0.05, 0.1) is 11.4 Å². The second-order valence-electron chi connectivity index (χ2n) is 4.68. The van der Waals surface area contributed by atoms with E-state index in [4.69, 9.17) is 10.3 Å². The lowest BCUT2D eigenvalue weighted by atomic mass is 10.1. The van der Waals surface area contributed by atoms with Crippen molar-refractivity contribution in [2.24, 2.45) is 0 Å². The summed E-state index contributed by atoms with van der Waals surface area (Å²) in [6, 6.07) is 9.17. The van der Waals surface area contributed by atoms with Gasteiger partial charge < -0.3 is 10.3 Å². The summed E-state index contributed by atoms with van der Waals surface area (Å²) in [6.45, 7) is 4.03. The first-order chi connectivity index (χ1) is 9.54. The van der Waals surface area contributed by atoms with Crippen molar-refractivity contribution < 1.29 is 9.32 Å². The topological polar surface area (TPSA) is 81.2 Å². The molecule has 5 nitrogen and oxygen atoms in total. The van der Waals surface area contributed by atoms with Gasteiger partial charge in [0.2, 0.25) is 11.8 Å². The highest BCUT2D eigenvalue weighted by atomic mass is 32.2. The molecule has 1 aromatic heterocycles. The van der Waals surface area contributed by atoms with Gasteiger partial charge in [0.1, 0.15) is 0 Å². The summed E-state index contributed by atoms with van der Waals surface area (Å²) in [5, 5.41) is 6.57. The lowest BCUT2D eigenvalue weighted by Gasteiger charge is -2.02. The predicted molar refractivity (Wildman–Crippen MR) is 80.8 cm³/mol. The van der Waals surface area contributed by atoms with E-state index in [1.165, 1.54) is 11.8 Å². The molecule has 20 heavy (non-hydrogen) atoms. The first kappa shape index (κ1) is 14.5. The van der Waals surface area contributed by atoms with E-state index in [-0.39, 0.29) is 11.8 Å². The lowest BCUT2D eigenvalue weighted by molar-refractivity contribution is -0.113. The Kier molecular flexibility index (Phi) is 4.68. The summed E-state index contributed by atoms with van der Waals surface area (Å²) in [7, 11) is 0. The fourth-order valence-corrected chi connectivity index (χ4v) is 2.31. The number of amides is 1. The highest BCUT2D eigenvalue weighted by molar-refractivity contribution is 8.00. The number of nitrogens with one attached hydrogen (secondary N) is 1. The van der Waals surface area contributed by atoms with Crippen LogP contribution in [0.3, 0.4) is 0 Å². The monoisotopic (exact) mass is 291 g/mol. The normalized spacial score (nSPS) is 10.8. The SMILES string of the molecule is CC(C)c1cc(NC(=O)CSc2cccc(N)c2)on1. The van der Waals surface area contributed by atoms with Crippen molar-refractivity contribution in [3.63, 3.8) is 0 Å². The maximum Gasteiger partial charge on any atom is 0.237 e. The number of aromatic nitrogens is 1. The van der Waals surface area contributed by atoms with Gasteiger partial charge in [0, 0.05) is 16.6 Å². The zero-order valence-corrected chi connectivity index (χ0v) is 12.2. The Morgan fingerprint density at radius 3 is 2.90 bits per heavy atom. The molecule has 3 N–H and O–H groups in total. The van der Waals surface area contributed by atoms with Gasteiger partial charge >= 0.3 is 0 Å². The number of carbonyl (C=O) groups excluding carboxylic acids is 1. The number of hydrogen-bond donors (Lipinski definition) is 2. The number of nitrogens with two attached hydrogens (primary N) is 1. The maximum atomic E-state index is 11.8. The van der Waals surface area contributed by atoms with Crippen LogP contribution in [0, 0.1) is 0 Å². The molecule has 0 aliphatic rings. The Bertz CT molecular complexity index is 596. The average Bonchev–Trinajstić information content (AvgIpc) is 2.85. The van der Waals surface area contributed by atoms with Gasteiger partial charge in [0.25, 0.3) is 0 Å². The predicted octanol–water partition coefficient (Wildman–Crippen LogP) is 3.11. The van der Waals surface area contributed by atoms with E-state index in [1.807, 2.05) is 38.1 Å². The van der Waals surface area contributed by atoms with Crippen molar-refractivity contribution >= 4 is 29.2 Å². The van der Waals surface area contributed by atoms with Crippen molar-refractivity contribution in [1.82, 2.24) is 5.16 Å². The van der Waals surface area contributed by atoms with E-state index in [0.717, 1.165) is 10.6 Å². The number of nitrogens with zero attached hydrogens (tertiary/aromatic N) is 1. The van der Waals surface area contributed by atoms with Crippen LogP contribution in [0.4, 0.5) is 11.6 Å². The molecule has 0 saturated carbocycles. The standard InChI is InChI=1S/C14H17N3O2S/c1-9(2)12-7-14(19-17-12)16-13(18)8-20-11-5-3-4-10(15)6-11/h3-7,9H,8,15H2,1-2H3,(H,16,18). The molecule has 0 bridgehead atoms. The summed E-state index contributed by atoms with van der Waals surface area (Å²) in [4.78, 5) is 12.8. The zero-order chi connectivity index (χ0) is 14.5. The zero-order valence-electron chi connectivity index (χ0n) is 11.4. The van der Waals surface area contributed by atoms with Crippen LogP contribution in [0.2, 0.25) is 0 Å². The third-order valence-electron chi connectivity index (χ3n) is 2.61. The van der Waals surface area contributed by atoms with E-state index >= 15 is 0 Å². The molecule has 1 aromatic carbocycles. The molecule has 2 rings (SSSR count). The number of rotatable bonds is 5. The van der Waals surface area contributed by atoms with E-state index < -0.39 is 0 Å². The number of carbonyl (C=O) groups is 1. The van der Waals surface area contributed by atoms with Crippen LogP contribution in [0.5, 0.6) is 0 Å². The van der Waals surface area contributed by atoms with Crippen LogP contribution < -0.4 is 11.1 Å². The van der Waals surface area contributed by atoms with Gasteiger partial charge in [-0.05, 0) is 24.1 Å². The van der Waals surface area contributed by atoms with Crippen LogP contribution in [-0.2, 0) is 4.79 Å². The first-order valence-electron chi connectivity index (χ1n) is 6.29. The first-order valence-corrected chi connectivity index (χ1v) is 7.28. The second-order valence-corrected chi connectivity index (χ2v) is 5.73. The van der Waals surface area contributed by atoms with E-state index in [2.05, 4.69) is 10.5 Å². The van der Waals surface area contributed by atoms with Gasteiger partial charge in [-0.2, -0.15) is 0 Å². The number of anilines is 2. The largest absolute Gasteiger partial charge is 0.399 e. The van der Waals surface area contributed by atoms with Crippen molar-refractivity contribution in [1.29, 1.82) is 0 Å². The molecule has 1 amide bonds. The molecule has 0 aliphatic heterocycles. The van der Waals surface area contributed by atoms with E-state index in [0.29, 0.717) is 17.3 Å². The maximum absolute atomic E-state index is 11.8. The van der Waals surface area contributed by atoms with Gasteiger partial charge in [-0.1, -0.05) is 25.1 Å². The third kappa shape index (κ3) is 4.03. The third-order valence-corrected chi connectivity index (χ3v) is 3.60. The van der Waals surface area contributed by atoms with Crippen molar-refractivity contribution in [2.75, 3.05) is 16.8 Å². The Balaban J connectivity index is 1.86. The molecule has 0 saturated heterocycles. The van der Waals surface area contributed by atoms with Crippen LogP contribution in [0.15, 0.2) is 39.8 Å². The number of benzene rings is 1. The molecule has 0 spiro atoms. The number of nitrogen functional groups attached to an aromatic ring is 1. The molecule has 0 unspecified atom stereocenters. The summed E-state index contributed by atoms with van der Waals surface area (Å²) < 4.78 is 5.06. The fourth-order valence-electron chi connectivity index (χ4n) is 1.55. The fraction of sp³-hybridized carbons (Fsp3) is 0.286. The smallest absolute Gasteiger partial charge is 0.237 e. The van der Waals surface area contributed by atoms with Gasteiger partial charge in [-0.25, -0.2) is 0 Å². The molecule has 0 radical (unpaired) electrons. The minimum Gasteiger partial charge on any atom is -0.399 e. The molecule has 106 valence electrons. The molecular weight excluding hydrogens is 274 g/mol. The Morgan fingerprint density at radius 2 is 2.25 bits per heavy atom. The summed E-state index contributed by atoms with van der Waals surface area (Å²) in [5.41, 5.74) is 7.19. The molecule has 0 aliphatic carbocycles. The van der Waals surface area contributed by atoms with E-state index in [9.17, 15) is 4.79 Å². The summed E-state index contributed by atoms with van der Waals surface area (Å²) in [5.74, 6) is 0.808. The Morgan fingerprint density at radius 1 is 1.45 bits per heavy atom. The van der Waals surface area contributed by atoms with Crippen LogP contribution in [-0.4, -0.2) is 16.8 Å². The van der Waals surface area contributed by atoms with Crippen LogP contribution in [0.25, 0.3) is 0 Å². The van der Waals surface area contributed by atoms with Gasteiger partial charge in [-0.15, -0.1) is 11.8 Å². The van der Waals surface area contributed by atoms with Crippen LogP contribution in [0.1, 0.15) is 25.5 Å². The lowest BCUT2D eigenvalue weighted by Crippen LogP contribution is -2.13. The highest BCUT2D eigenvalue weighted by Crippen LogP contribution is 2.21. The molecule has 0 fully saturated rings. The van der Waals surface area contributed by atoms with Gasteiger partial charge in [0.15, 0.2) is 0 Å². The summed E-state index contributed by atoms with van der Waals surface area (Å²) >= 11 is 1.42. The minimum absolute atomic E-state index is 0.135. The van der Waals surface area contributed by atoms with Crippen molar-refractivity contribution in [2.45, 2.75) is 24.7 Å².